The number of hydrogen-bond acceptors (Lipinski definition) is 1. The molecule has 1 saturated carbocycles. The van der Waals surface area contributed by atoms with Gasteiger partial charge in [0.15, 0.2) is 0 Å². The van der Waals surface area contributed by atoms with Gasteiger partial charge in [-0.1, -0.05) is 0 Å². The summed E-state index contributed by atoms with van der Waals surface area (Å²) in [4.78, 5) is 2.70. The van der Waals surface area contributed by atoms with E-state index in [1.807, 2.05) is 0 Å². The van der Waals surface area contributed by atoms with Crippen molar-refractivity contribution in [3.8, 4) is 0 Å². The molecule has 1 fully saturated rings. The van der Waals surface area contributed by atoms with Crippen molar-refractivity contribution in [3.05, 3.63) is 0 Å². The number of nitrogens with one attached hydrogen (secondary N) is 1. The van der Waals surface area contributed by atoms with Gasteiger partial charge >= 0.3 is 0 Å². The fourth-order valence-corrected chi connectivity index (χ4v) is 0.863. The molecule has 0 aromatic heterocycles. The minimum atomic E-state index is 0.529. The smallest absolute Gasteiger partial charge is 0.0220 e. The molecule has 1 unspecified atom stereocenters. The highest BCUT2D eigenvalue weighted by atomic mass is 35.5. The SMILES string of the molecule is CC(NCl)C1CC1. The average Bonchev–Trinajstić information content (AvgIpc) is 2.44. The van der Waals surface area contributed by atoms with Gasteiger partial charge in [-0.2, -0.15) is 0 Å². The summed E-state index contributed by atoms with van der Waals surface area (Å²) in [5, 5.41) is 0. The summed E-state index contributed by atoms with van der Waals surface area (Å²) in [5.74, 6) is 0.873. The van der Waals surface area contributed by atoms with E-state index >= 15 is 0 Å². The third-order valence-corrected chi connectivity index (χ3v) is 1.85. The Labute approximate surface area is 49.2 Å². The maximum atomic E-state index is 5.34. The Morgan fingerprint density at radius 2 is 2.29 bits per heavy atom. The van der Waals surface area contributed by atoms with E-state index in [0.717, 1.165) is 5.92 Å². The lowest BCUT2D eigenvalue weighted by Crippen LogP contribution is -2.17. The van der Waals surface area contributed by atoms with Gasteiger partial charge in [0.05, 0.1) is 0 Å². The zero-order valence-corrected chi connectivity index (χ0v) is 5.20. The van der Waals surface area contributed by atoms with E-state index in [9.17, 15) is 0 Å². The Morgan fingerprint density at radius 1 is 1.71 bits per heavy atom. The van der Waals surface area contributed by atoms with Crippen LogP contribution in [0.2, 0.25) is 0 Å². The minimum absolute atomic E-state index is 0.529. The quantitative estimate of drug-likeness (QED) is 0.544. The van der Waals surface area contributed by atoms with Crippen LogP contribution in [0.3, 0.4) is 0 Å². The second-order valence-electron chi connectivity index (χ2n) is 2.24. The molecular weight excluding hydrogens is 110 g/mol. The molecule has 1 aliphatic carbocycles. The normalized spacial score (nSPS) is 24.9. The Bertz CT molecular complexity index is 61.1. The molecule has 0 amide bonds. The molecule has 1 N–H and O–H groups in total. The van der Waals surface area contributed by atoms with Gasteiger partial charge in [-0.3, -0.25) is 0 Å². The van der Waals surface area contributed by atoms with Crippen molar-refractivity contribution in [1.29, 1.82) is 0 Å². The third kappa shape index (κ3) is 1.32. The molecule has 7 heavy (non-hydrogen) atoms. The largest absolute Gasteiger partial charge is 0.230 e. The van der Waals surface area contributed by atoms with E-state index in [1.54, 1.807) is 0 Å². The number of halogens is 1. The van der Waals surface area contributed by atoms with Crippen LogP contribution in [-0.4, -0.2) is 6.04 Å². The summed E-state index contributed by atoms with van der Waals surface area (Å²) in [5.41, 5.74) is 0. The van der Waals surface area contributed by atoms with Crippen molar-refractivity contribution in [2.45, 2.75) is 25.8 Å². The topological polar surface area (TPSA) is 12.0 Å². The van der Waals surface area contributed by atoms with E-state index in [-0.39, 0.29) is 0 Å². The summed E-state index contributed by atoms with van der Waals surface area (Å²) in [6, 6.07) is 0.529. The van der Waals surface area contributed by atoms with Gasteiger partial charge in [0, 0.05) is 6.04 Å². The molecule has 0 radical (unpaired) electrons. The van der Waals surface area contributed by atoms with Crippen LogP contribution in [0.4, 0.5) is 0 Å². The second kappa shape index (κ2) is 2.01. The van der Waals surface area contributed by atoms with Crippen LogP contribution >= 0.6 is 11.8 Å². The van der Waals surface area contributed by atoms with Gasteiger partial charge in [0.1, 0.15) is 0 Å². The van der Waals surface area contributed by atoms with Crippen LogP contribution < -0.4 is 4.84 Å². The van der Waals surface area contributed by atoms with Crippen molar-refractivity contribution < 1.29 is 0 Å². The highest BCUT2D eigenvalue weighted by molar-refractivity contribution is 6.13. The fraction of sp³-hybridized carbons (Fsp3) is 1.00. The highest BCUT2D eigenvalue weighted by Crippen LogP contribution is 2.32. The molecule has 0 heterocycles. The van der Waals surface area contributed by atoms with Crippen molar-refractivity contribution in [1.82, 2.24) is 4.84 Å². The Kier molecular flexibility index (Phi) is 1.55. The second-order valence-corrected chi connectivity index (χ2v) is 2.45. The van der Waals surface area contributed by atoms with Gasteiger partial charge in [0.2, 0.25) is 0 Å². The van der Waals surface area contributed by atoms with Crippen molar-refractivity contribution in [3.63, 3.8) is 0 Å². The maximum Gasteiger partial charge on any atom is 0.0220 e. The molecule has 1 nitrogen and oxygen atoms in total. The standard InChI is InChI=1S/C5H10ClN/c1-4(7-6)5-2-3-5/h4-5,7H,2-3H2,1H3. The van der Waals surface area contributed by atoms with E-state index < -0.39 is 0 Å². The molecular formula is C5H10ClN. The molecule has 1 rings (SSSR count). The molecule has 42 valence electrons. The van der Waals surface area contributed by atoms with Gasteiger partial charge in [0.25, 0.3) is 0 Å². The molecule has 0 aromatic carbocycles. The number of rotatable bonds is 2. The monoisotopic (exact) mass is 119 g/mol. The predicted octanol–water partition coefficient (Wildman–Crippen LogP) is 1.53. The lowest BCUT2D eigenvalue weighted by atomic mass is 10.2. The summed E-state index contributed by atoms with van der Waals surface area (Å²) in [6.07, 6.45) is 2.72. The van der Waals surface area contributed by atoms with E-state index in [1.165, 1.54) is 12.8 Å². The Balaban J connectivity index is 2.10. The molecule has 0 saturated heterocycles. The van der Waals surface area contributed by atoms with Crippen LogP contribution in [0.25, 0.3) is 0 Å². The summed E-state index contributed by atoms with van der Waals surface area (Å²) < 4.78 is 0. The third-order valence-electron chi connectivity index (χ3n) is 1.50. The lowest BCUT2D eigenvalue weighted by Gasteiger charge is -2.02. The zero-order chi connectivity index (χ0) is 5.28. The Morgan fingerprint density at radius 3 is 2.43 bits per heavy atom. The van der Waals surface area contributed by atoms with Crippen LogP contribution in [0.15, 0.2) is 0 Å². The van der Waals surface area contributed by atoms with Crippen LogP contribution in [-0.2, 0) is 0 Å². The first kappa shape index (κ1) is 5.39. The van der Waals surface area contributed by atoms with Crippen molar-refractivity contribution in [2.24, 2.45) is 5.92 Å². The van der Waals surface area contributed by atoms with Gasteiger partial charge in [-0.25, -0.2) is 4.84 Å². The average molecular weight is 120 g/mol. The first-order valence-electron chi connectivity index (χ1n) is 2.70. The Hall–Kier alpha value is 0.250. The van der Waals surface area contributed by atoms with Crippen molar-refractivity contribution >= 4 is 11.8 Å². The first-order valence-corrected chi connectivity index (χ1v) is 3.08. The molecule has 1 atom stereocenters. The van der Waals surface area contributed by atoms with Crippen LogP contribution in [0, 0.1) is 5.92 Å². The fourth-order valence-electron chi connectivity index (χ4n) is 0.685. The molecule has 0 bridgehead atoms. The lowest BCUT2D eigenvalue weighted by molar-refractivity contribution is 0.604. The predicted molar refractivity (Wildman–Crippen MR) is 31.2 cm³/mol. The van der Waals surface area contributed by atoms with Crippen LogP contribution in [0.1, 0.15) is 19.8 Å². The van der Waals surface area contributed by atoms with E-state index in [2.05, 4.69) is 11.8 Å². The summed E-state index contributed by atoms with van der Waals surface area (Å²) in [7, 11) is 0. The van der Waals surface area contributed by atoms with Crippen molar-refractivity contribution in [2.75, 3.05) is 0 Å². The minimum Gasteiger partial charge on any atom is -0.230 e. The summed E-state index contributed by atoms with van der Waals surface area (Å²) >= 11 is 5.34. The van der Waals surface area contributed by atoms with Crippen LogP contribution in [0.5, 0.6) is 0 Å². The first-order chi connectivity index (χ1) is 3.34. The van der Waals surface area contributed by atoms with E-state index in [4.69, 9.17) is 11.8 Å². The van der Waals surface area contributed by atoms with Gasteiger partial charge in [-0.05, 0) is 37.5 Å². The molecule has 0 spiro atoms. The van der Waals surface area contributed by atoms with Gasteiger partial charge in [-0.15, -0.1) is 0 Å². The molecule has 0 aromatic rings. The maximum absolute atomic E-state index is 5.34. The molecule has 1 aliphatic rings. The van der Waals surface area contributed by atoms with E-state index in [0.29, 0.717) is 6.04 Å². The summed E-state index contributed by atoms with van der Waals surface area (Å²) in [6.45, 7) is 2.12. The highest BCUT2D eigenvalue weighted by Gasteiger charge is 2.26. The zero-order valence-electron chi connectivity index (χ0n) is 4.45. The molecule has 2 heteroatoms. The number of hydrogen-bond donors (Lipinski definition) is 1. The molecule has 0 aliphatic heterocycles. The van der Waals surface area contributed by atoms with Gasteiger partial charge < -0.3 is 0 Å².